The summed E-state index contributed by atoms with van der Waals surface area (Å²) in [6, 6.07) is 12.7. The van der Waals surface area contributed by atoms with Crippen LogP contribution in [0.15, 0.2) is 55.0 Å². The van der Waals surface area contributed by atoms with Gasteiger partial charge in [-0.1, -0.05) is 49.9 Å². The summed E-state index contributed by atoms with van der Waals surface area (Å²) < 4.78 is 9.54. The molecule has 0 aliphatic heterocycles. The second-order valence-electron chi connectivity index (χ2n) is 8.66. The summed E-state index contributed by atoms with van der Waals surface area (Å²) >= 11 is 6.09. The van der Waals surface area contributed by atoms with Gasteiger partial charge in [-0.25, -0.2) is 14.1 Å². The molecule has 3 heterocycles. The molecule has 0 bridgehead atoms. The Morgan fingerprint density at radius 2 is 1.81 bits per heavy atom. The molecular formula is C23H24ClN5OSi. The monoisotopic (exact) mass is 449 g/mol. The van der Waals surface area contributed by atoms with E-state index in [0.717, 1.165) is 40.7 Å². The largest absolute Gasteiger partial charge is 0.362 e. The zero-order valence-corrected chi connectivity index (χ0v) is 19.6. The van der Waals surface area contributed by atoms with Crippen LogP contribution in [0, 0.1) is 6.57 Å². The van der Waals surface area contributed by atoms with Crippen LogP contribution in [0.1, 0.15) is 0 Å². The molecule has 0 unspecified atom stereocenters. The van der Waals surface area contributed by atoms with E-state index in [2.05, 4.69) is 29.5 Å². The van der Waals surface area contributed by atoms with Gasteiger partial charge in [0.1, 0.15) is 12.4 Å². The van der Waals surface area contributed by atoms with Gasteiger partial charge in [0.2, 0.25) is 5.65 Å². The zero-order valence-electron chi connectivity index (χ0n) is 17.8. The highest BCUT2D eigenvalue weighted by molar-refractivity contribution is 6.76. The first-order valence-corrected chi connectivity index (χ1v) is 14.2. The van der Waals surface area contributed by atoms with E-state index < -0.39 is 8.07 Å². The van der Waals surface area contributed by atoms with Crippen LogP contribution in [-0.2, 0) is 11.5 Å². The molecule has 6 nitrogen and oxygen atoms in total. The molecule has 158 valence electrons. The van der Waals surface area contributed by atoms with Gasteiger partial charge in [-0.15, -0.1) is 0 Å². The van der Waals surface area contributed by atoms with Crippen LogP contribution < -0.4 is 0 Å². The Kier molecular flexibility index (Phi) is 5.96. The lowest BCUT2D eigenvalue weighted by Gasteiger charge is -2.15. The van der Waals surface area contributed by atoms with E-state index in [4.69, 9.17) is 28.0 Å². The third-order valence-corrected chi connectivity index (χ3v) is 6.97. The first-order chi connectivity index (χ1) is 14.8. The van der Waals surface area contributed by atoms with Crippen molar-refractivity contribution in [3.63, 3.8) is 0 Å². The first kappa shape index (κ1) is 21.3. The van der Waals surface area contributed by atoms with Crippen molar-refractivity contribution in [3.8, 4) is 22.4 Å². The van der Waals surface area contributed by atoms with Crippen molar-refractivity contribution in [2.24, 2.45) is 0 Å². The number of nitrogens with zero attached hydrogens (tertiary/aromatic N) is 5. The SMILES string of the molecule is [C-]#[N+]c1cnc2ccc(-c3cn(COCC[Si](C)(C)C)nc3-c3ccc(Cl)cc3)cn12. The molecule has 31 heavy (non-hydrogen) atoms. The molecule has 3 aromatic heterocycles. The molecule has 0 radical (unpaired) electrons. The zero-order chi connectivity index (χ0) is 22.0. The van der Waals surface area contributed by atoms with Crippen molar-refractivity contribution in [2.75, 3.05) is 6.61 Å². The van der Waals surface area contributed by atoms with E-state index in [1.807, 2.05) is 53.5 Å². The molecule has 4 rings (SSSR count). The van der Waals surface area contributed by atoms with Gasteiger partial charge in [-0.2, -0.15) is 5.10 Å². The average molecular weight is 450 g/mol. The number of rotatable bonds is 7. The summed E-state index contributed by atoms with van der Waals surface area (Å²) in [5, 5.41) is 5.49. The summed E-state index contributed by atoms with van der Waals surface area (Å²) in [6.45, 7) is 15.5. The van der Waals surface area contributed by atoms with Crippen molar-refractivity contribution in [2.45, 2.75) is 32.4 Å². The summed E-state index contributed by atoms with van der Waals surface area (Å²) in [7, 11) is -1.14. The molecule has 4 aromatic rings. The maximum Gasteiger partial charge on any atom is 0.254 e. The first-order valence-electron chi connectivity index (χ1n) is 10.1. The van der Waals surface area contributed by atoms with E-state index in [9.17, 15) is 0 Å². The van der Waals surface area contributed by atoms with Gasteiger partial charge in [0.05, 0.1) is 12.4 Å². The van der Waals surface area contributed by atoms with Gasteiger partial charge in [0, 0.05) is 48.7 Å². The van der Waals surface area contributed by atoms with Crippen LogP contribution in [0.3, 0.4) is 0 Å². The third kappa shape index (κ3) is 4.88. The fourth-order valence-electron chi connectivity index (χ4n) is 3.27. The number of pyridine rings is 1. The van der Waals surface area contributed by atoms with E-state index in [0.29, 0.717) is 17.6 Å². The summed E-state index contributed by atoms with van der Waals surface area (Å²) in [4.78, 5) is 7.84. The third-order valence-electron chi connectivity index (χ3n) is 5.01. The van der Waals surface area contributed by atoms with Gasteiger partial charge in [0.25, 0.3) is 5.82 Å². The van der Waals surface area contributed by atoms with Crippen LogP contribution >= 0.6 is 11.6 Å². The smallest absolute Gasteiger partial charge is 0.254 e. The number of aromatic nitrogens is 4. The van der Waals surface area contributed by atoms with Gasteiger partial charge in [-0.3, -0.25) is 0 Å². The second-order valence-corrected chi connectivity index (χ2v) is 14.7. The molecule has 8 heteroatoms. The summed E-state index contributed by atoms with van der Waals surface area (Å²) in [5.74, 6) is 0.479. The Bertz CT molecular complexity index is 1250. The topological polar surface area (TPSA) is 48.7 Å². The van der Waals surface area contributed by atoms with Crippen LogP contribution in [0.25, 0.3) is 32.9 Å². The van der Waals surface area contributed by atoms with Gasteiger partial charge < -0.3 is 9.58 Å². The van der Waals surface area contributed by atoms with Crippen molar-refractivity contribution in [1.29, 1.82) is 0 Å². The number of ether oxygens (including phenoxy) is 1. The number of hydrogen-bond acceptors (Lipinski definition) is 3. The standard InChI is InChI=1S/C23H24ClN5OSi/c1-25-22-13-26-21-10-7-18(14-29(21)22)20-15-28(16-30-11-12-31(2,3)4)27-23(20)17-5-8-19(24)9-6-17/h5-10,13-15H,11-12,16H2,2-4H3. The predicted octanol–water partition coefficient (Wildman–Crippen LogP) is 6.38. The Balaban J connectivity index is 1.70. The highest BCUT2D eigenvalue weighted by Gasteiger charge is 2.17. The molecular weight excluding hydrogens is 426 g/mol. The number of benzene rings is 1. The maximum atomic E-state index is 7.38. The molecule has 1 aromatic carbocycles. The quantitative estimate of drug-likeness (QED) is 0.187. The van der Waals surface area contributed by atoms with E-state index in [-0.39, 0.29) is 0 Å². The summed E-state index contributed by atoms with van der Waals surface area (Å²) in [5.41, 5.74) is 4.46. The van der Waals surface area contributed by atoms with Crippen molar-refractivity contribution < 1.29 is 4.74 Å². The van der Waals surface area contributed by atoms with Gasteiger partial charge in [0.15, 0.2) is 0 Å². The lowest BCUT2D eigenvalue weighted by Crippen LogP contribution is -2.22. The van der Waals surface area contributed by atoms with Crippen molar-refractivity contribution in [1.82, 2.24) is 19.2 Å². The fourth-order valence-corrected chi connectivity index (χ4v) is 4.15. The van der Waals surface area contributed by atoms with Crippen molar-refractivity contribution >= 4 is 31.1 Å². The molecule has 0 N–H and O–H groups in total. The second kappa shape index (κ2) is 8.67. The fraction of sp³-hybridized carbons (Fsp3) is 0.261. The van der Waals surface area contributed by atoms with Crippen LogP contribution in [0.4, 0.5) is 5.82 Å². The molecule has 0 aliphatic rings. The minimum atomic E-state index is -1.14. The molecule has 0 fully saturated rings. The molecule has 0 atom stereocenters. The minimum Gasteiger partial charge on any atom is -0.362 e. The number of halogens is 1. The van der Waals surface area contributed by atoms with Gasteiger partial charge in [-0.05, 0) is 24.2 Å². The van der Waals surface area contributed by atoms with Crippen LogP contribution in [0.2, 0.25) is 30.7 Å². The number of fused-ring (bicyclic) bond motifs is 1. The highest BCUT2D eigenvalue weighted by Crippen LogP contribution is 2.32. The molecule has 0 amide bonds. The predicted molar refractivity (Wildman–Crippen MR) is 127 cm³/mol. The Hall–Kier alpha value is -2.92. The average Bonchev–Trinajstić information content (AvgIpc) is 3.34. The molecule has 0 saturated heterocycles. The Labute approximate surface area is 187 Å². The van der Waals surface area contributed by atoms with Crippen molar-refractivity contribution in [3.05, 3.63) is 71.4 Å². The maximum absolute atomic E-state index is 7.38. The summed E-state index contributed by atoms with van der Waals surface area (Å²) in [6.07, 6.45) is 5.51. The lowest BCUT2D eigenvalue weighted by molar-refractivity contribution is 0.0788. The van der Waals surface area contributed by atoms with Crippen LogP contribution in [-0.4, -0.2) is 33.8 Å². The molecule has 0 aliphatic carbocycles. The van der Waals surface area contributed by atoms with Gasteiger partial charge >= 0.3 is 0 Å². The number of hydrogen-bond donors (Lipinski definition) is 0. The Morgan fingerprint density at radius 3 is 2.52 bits per heavy atom. The molecule has 0 spiro atoms. The molecule has 0 saturated carbocycles. The number of imidazole rings is 1. The van der Waals surface area contributed by atoms with Crippen LogP contribution in [0.5, 0.6) is 0 Å². The highest BCUT2D eigenvalue weighted by atomic mass is 35.5. The minimum absolute atomic E-state index is 0.395. The lowest BCUT2D eigenvalue weighted by atomic mass is 10.0. The normalized spacial score (nSPS) is 11.7. The van der Waals surface area contributed by atoms with E-state index in [1.165, 1.54) is 0 Å². The van der Waals surface area contributed by atoms with E-state index >= 15 is 0 Å². The Morgan fingerprint density at radius 1 is 1.06 bits per heavy atom. The van der Waals surface area contributed by atoms with E-state index in [1.54, 1.807) is 10.6 Å².